The predicted octanol–water partition coefficient (Wildman–Crippen LogP) is 2.38. The second-order valence-electron chi connectivity index (χ2n) is 5.66. The maximum Gasteiger partial charge on any atom is 0.00793 e. The standard InChI is InChI=1S/C13H26N2/c1-10-4-3-5-11(2)15(10)9-8-13(14)12-6-7-12/h10-13H,3-9,14H2,1-2H3/t10-,11+,13?. The number of piperidine rings is 1. The highest BCUT2D eigenvalue weighted by Crippen LogP contribution is 2.33. The van der Waals surface area contributed by atoms with Gasteiger partial charge < -0.3 is 5.73 Å². The number of hydrogen-bond acceptors (Lipinski definition) is 2. The Bertz CT molecular complexity index is 191. The van der Waals surface area contributed by atoms with Gasteiger partial charge in [-0.05, 0) is 51.9 Å². The van der Waals surface area contributed by atoms with E-state index in [1.807, 2.05) is 0 Å². The van der Waals surface area contributed by atoms with Crippen LogP contribution in [0.25, 0.3) is 0 Å². The SMILES string of the molecule is C[C@@H]1CCC[C@H](C)N1CCC(N)C1CC1. The summed E-state index contributed by atoms with van der Waals surface area (Å²) in [4.78, 5) is 2.67. The van der Waals surface area contributed by atoms with Crippen molar-refractivity contribution in [1.29, 1.82) is 0 Å². The van der Waals surface area contributed by atoms with Crippen LogP contribution in [0, 0.1) is 5.92 Å². The number of nitrogens with zero attached hydrogens (tertiary/aromatic N) is 1. The Balaban J connectivity index is 1.75. The maximum atomic E-state index is 6.16. The molecule has 2 N–H and O–H groups in total. The van der Waals surface area contributed by atoms with Crippen LogP contribution in [-0.4, -0.2) is 29.6 Å². The molecule has 1 heterocycles. The monoisotopic (exact) mass is 210 g/mol. The summed E-state index contributed by atoms with van der Waals surface area (Å²) in [6.07, 6.45) is 8.14. The van der Waals surface area contributed by atoms with Crippen LogP contribution in [0.2, 0.25) is 0 Å². The first-order chi connectivity index (χ1) is 7.18. The molecule has 1 saturated heterocycles. The van der Waals surface area contributed by atoms with Gasteiger partial charge in [0.15, 0.2) is 0 Å². The van der Waals surface area contributed by atoms with Crippen LogP contribution in [0.4, 0.5) is 0 Å². The van der Waals surface area contributed by atoms with E-state index < -0.39 is 0 Å². The van der Waals surface area contributed by atoms with Gasteiger partial charge in [-0.25, -0.2) is 0 Å². The minimum atomic E-state index is 0.478. The summed E-state index contributed by atoms with van der Waals surface area (Å²) in [5, 5.41) is 0. The molecule has 1 aliphatic carbocycles. The third-order valence-corrected chi connectivity index (χ3v) is 4.32. The fourth-order valence-electron chi connectivity index (χ4n) is 2.97. The van der Waals surface area contributed by atoms with E-state index in [-0.39, 0.29) is 0 Å². The Labute approximate surface area is 94.2 Å². The van der Waals surface area contributed by atoms with Crippen molar-refractivity contribution in [2.24, 2.45) is 11.7 Å². The van der Waals surface area contributed by atoms with Crippen LogP contribution in [0.1, 0.15) is 52.4 Å². The molecule has 0 amide bonds. The van der Waals surface area contributed by atoms with Gasteiger partial charge in [-0.2, -0.15) is 0 Å². The Hall–Kier alpha value is -0.0800. The van der Waals surface area contributed by atoms with E-state index in [2.05, 4.69) is 18.7 Å². The van der Waals surface area contributed by atoms with E-state index in [0.29, 0.717) is 6.04 Å². The highest BCUT2D eigenvalue weighted by Gasteiger charge is 2.30. The Morgan fingerprint density at radius 1 is 1.13 bits per heavy atom. The van der Waals surface area contributed by atoms with E-state index in [9.17, 15) is 0 Å². The Morgan fingerprint density at radius 2 is 1.73 bits per heavy atom. The second-order valence-corrected chi connectivity index (χ2v) is 5.66. The largest absolute Gasteiger partial charge is 0.327 e. The maximum absolute atomic E-state index is 6.16. The molecule has 2 rings (SSSR count). The second kappa shape index (κ2) is 4.84. The number of rotatable bonds is 4. The van der Waals surface area contributed by atoms with Gasteiger partial charge >= 0.3 is 0 Å². The van der Waals surface area contributed by atoms with Gasteiger partial charge in [0.1, 0.15) is 0 Å². The third kappa shape index (κ3) is 2.94. The van der Waals surface area contributed by atoms with E-state index >= 15 is 0 Å². The Kier molecular flexibility index (Phi) is 3.68. The van der Waals surface area contributed by atoms with Crippen molar-refractivity contribution in [3.63, 3.8) is 0 Å². The smallest absolute Gasteiger partial charge is 0.00793 e. The molecule has 0 aromatic rings. The van der Waals surface area contributed by atoms with Crippen molar-refractivity contribution >= 4 is 0 Å². The Morgan fingerprint density at radius 3 is 2.27 bits per heavy atom. The van der Waals surface area contributed by atoms with Crippen molar-refractivity contribution in [3.8, 4) is 0 Å². The molecule has 2 aliphatic rings. The summed E-state index contributed by atoms with van der Waals surface area (Å²) in [6.45, 7) is 5.97. The molecule has 1 saturated carbocycles. The number of likely N-dealkylation sites (tertiary alicyclic amines) is 1. The van der Waals surface area contributed by atoms with Crippen LogP contribution in [0.5, 0.6) is 0 Å². The van der Waals surface area contributed by atoms with Crippen LogP contribution in [-0.2, 0) is 0 Å². The number of hydrogen-bond donors (Lipinski definition) is 1. The van der Waals surface area contributed by atoms with Gasteiger partial charge in [0.2, 0.25) is 0 Å². The molecule has 88 valence electrons. The minimum Gasteiger partial charge on any atom is -0.327 e. The fraction of sp³-hybridized carbons (Fsp3) is 1.00. The minimum absolute atomic E-state index is 0.478. The van der Waals surface area contributed by atoms with Crippen molar-refractivity contribution in [3.05, 3.63) is 0 Å². The molecule has 15 heavy (non-hydrogen) atoms. The molecular formula is C13H26N2. The van der Waals surface area contributed by atoms with Gasteiger partial charge in [-0.1, -0.05) is 6.42 Å². The normalized spacial score (nSPS) is 35.4. The number of nitrogens with two attached hydrogens (primary N) is 1. The summed E-state index contributed by atoms with van der Waals surface area (Å²) >= 11 is 0. The van der Waals surface area contributed by atoms with Crippen molar-refractivity contribution in [2.45, 2.75) is 70.5 Å². The lowest BCUT2D eigenvalue weighted by atomic mass is 9.96. The van der Waals surface area contributed by atoms with Crippen LogP contribution >= 0.6 is 0 Å². The third-order valence-electron chi connectivity index (χ3n) is 4.32. The topological polar surface area (TPSA) is 29.3 Å². The van der Waals surface area contributed by atoms with Crippen molar-refractivity contribution in [1.82, 2.24) is 4.90 Å². The molecule has 0 radical (unpaired) electrons. The predicted molar refractivity (Wildman–Crippen MR) is 64.8 cm³/mol. The van der Waals surface area contributed by atoms with Crippen molar-refractivity contribution < 1.29 is 0 Å². The summed E-state index contributed by atoms with van der Waals surface area (Å²) in [5.41, 5.74) is 6.16. The molecular weight excluding hydrogens is 184 g/mol. The lowest BCUT2D eigenvalue weighted by Crippen LogP contribution is -2.45. The van der Waals surface area contributed by atoms with Crippen molar-refractivity contribution in [2.75, 3.05) is 6.54 Å². The van der Waals surface area contributed by atoms with Crippen LogP contribution < -0.4 is 5.73 Å². The molecule has 0 spiro atoms. The molecule has 0 aromatic carbocycles. The summed E-state index contributed by atoms with van der Waals surface area (Å²) in [5.74, 6) is 0.861. The molecule has 2 heteroatoms. The molecule has 2 fully saturated rings. The van der Waals surface area contributed by atoms with E-state index in [0.717, 1.165) is 18.0 Å². The van der Waals surface area contributed by atoms with Gasteiger partial charge in [-0.15, -0.1) is 0 Å². The van der Waals surface area contributed by atoms with E-state index in [1.165, 1.54) is 45.1 Å². The van der Waals surface area contributed by atoms with Crippen LogP contribution in [0.3, 0.4) is 0 Å². The molecule has 2 nitrogen and oxygen atoms in total. The molecule has 1 unspecified atom stereocenters. The van der Waals surface area contributed by atoms with Gasteiger partial charge in [-0.3, -0.25) is 4.90 Å². The molecule has 1 aliphatic heterocycles. The highest BCUT2D eigenvalue weighted by molar-refractivity contribution is 4.86. The first-order valence-electron chi connectivity index (χ1n) is 6.70. The first-order valence-corrected chi connectivity index (χ1v) is 6.70. The van der Waals surface area contributed by atoms with Crippen LogP contribution in [0.15, 0.2) is 0 Å². The van der Waals surface area contributed by atoms with Gasteiger partial charge in [0, 0.05) is 24.7 Å². The van der Waals surface area contributed by atoms with Gasteiger partial charge in [0.05, 0.1) is 0 Å². The zero-order chi connectivity index (χ0) is 10.8. The lowest BCUT2D eigenvalue weighted by molar-refractivity contribution is 0.0989. The van der Waals surface area contributed by atoms with E-state index in [4.69, 9.17) is 5.73 Å². The average Bonchev–Trinajstić information content (AvgIpc) is 2.99. The lowest BCUT2D eigenvalue weighted by Gasteiger charge is -2.39. The van der Waals surface area contributed by atoms with Gasteiger partial charge in [0.25, 0.3) is 0 Å². The zero-order valence-electron chi connectivity index (χ0n) is 10.3. The molecule has 0 bridgehead atoms. The summed E-state index contributed by atoms with van der Waals surface area (Å²) in [6, 6.07) is 2.03. The fourth-order valence-corrected chi connectivity index (χ4v) is 2.97. The van der Waals surface area contributed by atoms with E-state index in [1.54, 1.807) is 0 Å². The zero-order valence-corrected chi connectivity index (χ0v) is 10.3. The summed E-state index contributed by atoms with van der Waals surface area (Å²) < 4.78 is 0. The summed E-state index contributed by atoms with van der Waals surface area (Å²) in [7, 11) is 0. The highest BCUT2D eigenvalue weighted by atomic mass is 15.2. The molecule has 0 aromatic heterocycles. The molecule has 3 atom stereocenters. The quantitative estimate of drug-likeness (QED) is 0.772. The first kappa shape index (κ1) is 11.4. The average molecular weight is 210 g/mol.